The summed E-state index contributed by atoms with van der Waals surface area (Å²) in [7, 11) is 6.38. The minimum absolute atomic E-state index is 0.269. The van der Waals surface area contributed by atoms with Crippen molar-refractivity contribution in [2.24, 2.45) is 11.8 Å². The maximum absolute atomic E-state index is 12.5. The fraction of sp³-hybridized carbons (Fsp3) is 0.667. The summed E-state index contributed by atoms with van der Waals surface area (Å²) in [5.41, 5.74) is 0. The molecule has 0 aromatic heterocycles. The van der Waals surface area contributed by atoms with E-state index in [1.807, 2.05) is 42.3 Å². The van der Waals surface area contributed by atoms with Crippen molar-refractivity contribution in [1.82, 2.24) is 9.80 Å². The number of nitrogens with zero attached hydrogens (tertiary/aromatic N) is 2. The second-order valence-electron chi connectivity index (χ2n) is 8.00. The molecule has 1 aromatic rings. The Labute approximate surface area is 152 Å². The topological polar surface area (TPSA) is 32.8 Å². The molecule has 3 rings (SSSR count). The van der Waals surface area contributed by atoms with Crippen molar-refractivity contribution in [3.63, 3.8) is 0 Å². The van der Waals surface area contributed by atoms with Crippen molar-refractivity contribution < 1.29 is 9.53 Å². The van der Waals surface area contributed by atoms with E-state index in [1.165, 1.54) is 25.7 Å². The van der Waals surface area contributed by atoms with Crippen LogP contribution in [0.15, 0.2) is 30.3 Å². The van der Waals surface area contributed by atoms with E-state index in [4.69, 9.17) is 4.74 Å². The van der Waals surface area contributed by atoms with Gasteiger partial charge in [0.2, 0.25) is 5.91 Å². The predicted octanol–water partition coefficient (Wildman–Crippen LogP) is 3.42. The van der Waals surface area contributed by atoms with Crippen molar-refractivity contribution in [3.05, 3.63) is 30.3 Å². The minimum atomic E-state index is 0.269. The fourth-order valence-electron chi connectivity index (χ4n) is 4.60. The minimum Gasteiger partial charge on any atom is -0.494 e. The molecule has 0 heterocycles. The van der Waals surface area contributed by atoms with Gasteiger partial charge in [-0.25, -0.2) is 0 Å². The molecule has 0 bridgehead atoms. The molecule has 1 amide bonds. The molecule has 0 saturated heterocycles. The maximum Gasteiger partial charge on any atom is 0.222 e. The van der Waals surface area contributed by atoms with E-state index in [0.717, 1.165) is 30.0 Å². The van der Waals surface area contributed by atoms with Gasteiger partial charge in [-0.05, 0) is 70.2 Å². The standard InChI is InChI=1S/C21H32N2O2/c1-22(2)18-12-16-14-19(15-17(16)13-18)23(3)21(24)10-7-11-25-20-8-5-4-6-9-20/h4-6,8-9,16-19H,7,10-15H2,1-3H3/t16-,17+,18?,19?. The molecule has 0 radical (unpaired) electrons. The second-order valence-corrected chi connectivity index (χ2v) is 8.00. The summed E-state index contributed by atoms with van der Waals surface area (Å²) in [5.74, 6) is 2.77. The van der Waals surface area contributed by atoms with Gasteiger partial charge in [0.05, 0.1) is 6.61 Å². The lowest BCUT2D eigenvalue weighted by molar-refractivity contribution is -0.132. The average molecular weight is 344 g/mol. The van der Waals surface area contributed by atoms with Crippen molar-refractivity contribution in [2.45, 2.75) is 50.6 Å². The molecule has 2 fully saturated rings. The van der Waals surface area contributed by atoms with Gasteiger partial charge >= 0.3 is 0 Å². The molecule has 25 heavy (non-hydrogen) atoms. The van der Waals surface area contributed by atoms with Gasteiger partial charge in [0.1, 0.15) is 5.75 Å². The third kappa shape index (κ3) is 4.55. The smallest absolute Gasteiger partial charge is 0.222 e. The molecule has 138 valence electrons. The first-order valence-electron chi connectivity index (χ1n) is 9.64. The van der Waals surface area contributed by atoms with Crippen LogP contribution in [0.25, 0.3) is 0 Å². The Balaban J connectivity index is 1.37. The highest BCUT2D eigenvalue weighted by atomic mass is 16.5. The lowest BCUT2D eigenvalue weighted by Crippen LogP contribution is -2.36. The summed E-state index contributed by atoms with van der Waals surface area (Å²) < 4.78 is 5.68. The first-order valence-corrected chi connectivity index (χ1v) is 9.64. The van der Waals surface area contributed by atoms with Gasteiger partial charge in [0.25, 0.3) is 0 Å². The quantitative estimate of drug-likeness (QED) is 0.711. The number of hydrogen-bond acceptors (Lipinski definition) is 3. The van der Waals surface area contributed by atoms with E-state index in [-0.39, 0.29) is 5.91 Å². The van der Waals surface area contributed by atoms with Crippen LogP contribution in [0.5, 0.6) is 5.75 Å². The monoisotopic (exact) mass is 344 g/mol. The Morgan fingerprint density at radius 3 is 2.20 bits per heavy atom. The zero-order valence-corrected chi connectivity index (χ0v) is 15.9. The molecule has 0 aliphatic heterocycles. The lowest BCUT2D eigenvalue weighted by Gasteiger charge is -2.27. The molecule has 2 aliphatic carbocycles. The highest BCUT2D eigenvalue weighted by Crippen LogP contribution is 2.46. The molecule has 4 nitrogen and oxygen atoms in total. The molecular formula is C21H32N2O2. The van der Waals surface area contributed by atoms with Crippen LogP contribution in [-0.4, -0.2) is 55.5 Å². The van der Waals surface area contributed by atoms with Crippen molar-refractivity contribution in [1.29, 1.82) is 0 Å². The summed E-state index contributed by atoms with van der Waals surface area (Å²) in [6.07, 6.45) is 6.35. The number of ether oxygens (including phenoxy) is 1. The van der Waals surface area contributed by atoms with Crippen LogP contribution in [0, 0.1) is 11.8 Å². The number of benzene rings is 1. The molecule has 2 saturated carbocycles. The van der Waals surface area contributed by atoms with Crippen LogP contribution >= 0.6 is 0 Å². The zero-order chi connectivity index (χ0) is 17.8. The molecule has 4 heteroatoms. The van der Waals surface area contributed by atoms with Crippen LogP contribution in [0.3, 0.4) is 0 Å². The third-order valence-electron chi connectivity index (χ3n) is 6.18. The lowest BCUT2D eigenvalue weighted by atomic mass is 10.0. The summed E-state index contributed by atoms with van der Waals surface area (Å²) in [5, 5.41) is 0. The number of fused-ring (bicyclic) bond motifs is 1. The third-order valence-corrected chi connectivity index (χ3v) is 6.18. The van der Waals surface area contributed by atoms with Gasteiger partial charge in [-0.1, -0.05) is 18.2 Å². The molecular weight excluding hydrogens is 312 g/mol. The first kappa shape index (κ1) is 18.2. The zero-order valence-electron chi connectivity index (χ0n) is 15.9. The van der Waals surface area contributed by atoms with Crippen LogP contribution in [0.4, 0.5) is 0 Å². The molecule has 0 spiro atoms. The Kier molecular flexibility index (Phi) is 6.00. The Morgan fingerprint density at radius 1 is 1.00 bits per heavy atom. The maximum atomic E-state index is 12.5. The van der Waals surface area contributed by atoms with E-state index in [9.17, 15) is 4.79 Å². The van der Waals surface area contributed by atoms with Crippen molar-refractivity contribution >= 4 is 5.91 Å². The van der Waals surface area contributed by atoms with Gasteiger partial charge in [-0.2, -0.15) is 0 Å². The Bertz CT molecular complexity index is 546. The average Bonchev–Trinajstić information content (AvgIpc) is 3.18. The van der Waals surface area contributed by atoms with Gasteiger partial charge in [0.15, 0.2) is 0 Å². The van der Waals surface area contributed by atoms with Gasteiger partial charge in [-0.3, -0.25) is 4.79 Å². The van der Waals surface area contributed by atoms with Crippen LogP contribution in [0.1, 0.15) is 38.5 Å². The first-order chi connectivity index (χ1) is 12.0. The van der Waals surface area contributed by atoms with E-state index in [1.54, 1.807) is 0 Å². The summed E-state index contributed by atoms with van der Waals surface area (Å²) in [6.45, 7) is 0.601. The van der Waals surface area contributed by atoms with Gasteiger partial charge in [0, 0.05) is 25.6 Å². The molecule has 2 unspecified atom stereocenters. The van der Waals surface area contributed by atoms with Crippen LogP contribution in [-0.2, 0) is 4.79 Å². The van der Waals surface area contributed by atoms with Crippen molar-refractivity contribution in [3.8, 4) is 5.75 Å². The van der Waals surface area contributed by atoms with E-state index < -0.39 is 0 Å². The number of amides is 1. The highest BCUT2D eigenvalue weighted by Gasteiger charge is 2.43. The van der Waals surface area contributed by atoms with Crippen LogP contribution in [0.2, 0.25) is 0 Å². The number of hydrogen-bond donors (Lipinski definition) is 0. The number of carbonyl (C=O) groups is 1. The summed E-state index contributed by atoms with van der Waals surface area (Å²) >= 11 is 0. The number of carbonyl (C=O) groups excluding carboxylic acids is 1. The largest absolute Gasteiger partial charge is 0.494 e. The normalized spacial score (nSPS) is 28.2. The van der Waals surface area contributed by atoms with Gasteiger partial charge in [-0.15, -0.1) is 0 Å². The molecule has 0 N–H and O–H groups in total. The molecule has 4 atom stereocenters. The number of rotatable bonds is 7. The van der Waals surface area contributed by atoms with E-state index in [2.05, 4.69) is 19.0 Å². The molecule has 2 aliphatic rings. The summed E-state index contributed by atoms with van der Waals surface area (Å²) in [4.78, 5) is 16.9. The SMILES string of the molecule is CN(C)C1C[C@@H]2CC(N(C)C(=O)CCCOc3ccccc3)C[C@@H]2C1. The van der Waals surface area contributed by atoms with E-state index >= 15 is 0 Å². The van der Waals surface area contributed by atoms with Gasteiger partial charge < -0.3 is 14.5 Å². The van der Waals surface area contributed by atoms with Crippen LogP contribution < -0.4 is 4.74 Å². The molecule has 1 aromatic carbocycles. The predicted molar refractivity (Wildman–Crippen MR) is 101 cm³/mol. The Morgan fingerprint density at radius 2 is 1.60 bits per heavy atom. The summed E-state index contributed by atoms with van der Waals surface area (Å²) in [6, 6.07) is 11.0. The van der Waals surface area contributed by atoms with Crippen molar-refractivity contribution in [2.75, 3.05) is 27.7 Å². The van der Waals surface area contributed by atoms with E-state index in [0.29, 0.717) is 19.1 Å². The fourth-order valence-corrected chi connectivity index (χ4v) is 4.60. The highest BCUT2D eigenvalue weighted by molar-refractivity contribution is 5.76. The number of para-hydroxylation sites is 1. The Hall–Kier alpha value is -1.55. The second kappa shape index (κ2) is 8.22.